The molecule has 0 spiro atoms. The maximum absolute atomic E-state index is 10.5. The zero-order chi connectivity index (χ0) is 16.1. The Bertz CT molecular complexity index is 294. The van der Waals surface area contributed by atoms with Gasteiger partial charge in [-0.25, -0.2) is 0 Å². The standard InChI is InChI=1S/C17H36O2Si/c1-10-12-15(14(4)16(18)13(3)11-2)19-20(8,9)17(5,6)7/h10,13-16,18H,1,11-12H2,2-9H3/t13-,14-,15+,16-/m0/s1. The molecule has 0 aliphatic rings. The molecule has 0 aliphatic heterocycles. The fourth-order valence-electron chi connectivity index (χ4n) is 2.07. The molecule has 0 aromatic carbocycles. The van der Waals surface area contributed by atoms with Crippen LogP contribution in [-0.4, -0.2) is 25.6 Å². The third kappa shape index (κ3) is 5.34. The molecule has 0 aromatic heterocycles. The highest BCUT2D eigenvalue weighted by Gasteiger charge is 2.41. The van der Waals surface area contributed by atoms with E-state index >= 15 is 0 Å². The minimum absolute atomic E-state index is 0.0670. The number of aliphatic hydroxyl groups is 1. The molecule has 0 saturated carbocycles. The van der Waals surface area contributed by atoms with E-state index in [0.29, 0.717) is 5.92 Å². The molecule has 3 heteroatoms. The first-order valence-corrected chi connectivity index (χ1v) is 10.9. The molecule has 0 radical (unpaired) electrons. The van der Waals surface area contributed by atoms with Crippen LogP contribution in [0.5, 0.6) is 0 Å². The van der Waals surface area contributed by atoms with Crippen LogP contribution in [0.15, 0.2) is 12.7 Å². The lowest BCUT2D eigenvalue weighted by atomic mass is 9.87. The second-order valence-electron chi connectivity index (χ2n) is 7.68. The molecular formula is C17H36O2Si. The van der Waals surface area contributed by atoms with Crippen LogP contribution in [0.1, 0.15) is 54.4 Å². The normalized spacial score (nSPS) is 19.2. The third-order valence-corrected chi connectivity index (χ3v) is 9.51. The number of hydrogen-bond acceptors (Lipinski definition) is 2. The van der Waals surface area contributed by atoms with Crippen LogP contribution < -0.4 is 0 Å². The zero-order valence-electron chi connectivity index (χ0n) is 14.9. The monoisotopic (exact) mass is 300 g/mol. The van der Waals surface area contributed by atoms with Gasteiger partial charge >= 0.3 is 0 Å². The Hall–Kier alpha value is -0.123. The van der Waals surface area contributed by atoms with Crippen molar-refractivity contribution in [1.29, 1.82) is 0 Å². The minimum atomic E-state index is -1.82. The highest BCUT2D eigenvalue weighted by Crippen LogP contribution is 2.39. The molecule has 120 valence electrons. The van der Waals surface area contributed by atoms with Crippen molar-refractivity contribution in [3.8, 4) is 0 Å². The fraction of sp³-hybridized carbons (Fsp3) is 0.882. The van der Waals surface area contributed by atoms with E-state index in [9.17, 15) is 5.11 Å². The largest absolute Gasteiger partial charge is 0.413 e. The van der Waals surface area contributed by atoms with E-state index in [1.165, 1.54) is 0 Å². The molecule has 0 aromatic rings. The maximum Gasteiger partial charge on any atom is 0.192 e. The van der Waals surface area contributed by atoms with E-state index < -0.39 is 8.32 Å². The molecule has 0 rings (SSSR count). The van der Waals surface area contributed by atoms with Crippen LogP contribution in [0, 0.1) is 11.8 Å². The summed E-state index contributed by atoms with van der Waals surface area (Å²) in [6.07, 6.45) is 3.47. The molecule has 2 nitrogen and oxygen atoms in total. The first-order valence-electron chi connectivity index (χ1n) is 7.94. The van der Waals surface area contributed by atoms with E-state index in [-0.39, 0.29) is 23.2 Å². The van der Waals surface area contributed by atoms with Gasteiger partial charge in [0.05, 0.1) is 12.2 Å². The van der Waals surface area contributed by atoms with Gasteiger partial charge in [0, 0.05) is 5.92 Å². The van der Waals surface area contributed by atoms with Crippen molar-refractivity contribution in [3.05, 3.63) is 12.7 Å². The van der Waals surface area contributed by atoms with Crippen molar-refractivity contribution in [3.63, 3.8) is 0 Å². The van der Waals surface area contributed by atoms with Crippen LogP contribution in [0.3, 0.4) is 0 Å². The van der Waals surface area contributed by atoms with Gasteiger partial charge in [-0.3, -0.25) is 0 Å². The Morgan fingerprint density at radius 2 is 1.75 bits per heavy atom. The lowest BCUT2D eigenvalue weighted by molar-refractivity contribution is -0.000379. The van der Waals surface area contributed by atoms with Crippen LogP contribution in [0.25, 0.3) is 0 Å². The Morgan fingerprint density at radius 3 is 2.10 bits per heavy atom. The smallest absolute Gasteiger partial charge is 0.192 e. The summed E-state index contributed by atoms with van der Waals surface area (Å²) in [5.41, 5.74) is 0. The summed E-state index contributed by atoms with van der Waals surface area (Å²) >= 11 is 0. The summed E-state index contributed by atoms with van der Waals surface area (Å²) in [6.45, 7) is 21.5. The average molecular weight is 301 g/mol. The lowest BCUT2D eigenvalue weighted by Crippen LogP contribution is -2.47. The molecule has 1 N–H and O–H groups in total. The number of hydrogen-bond donors (Lipinski definition) is 1. The van der Waals surface area contributed by atoms with E-state index in [1.54, 1.807) is 0 Å². The highest BCUT2D eigenvalue weighted by molar-refractivity contribution is 6.74. The van der Waals surface area contributed by atoms with Crippen molar-refractivity contribution in [2.75, 3.05) is 0 Å². The van der Waals surface area contributed by atoms with Crippen molar-refractivity contribution >= 4 is 8.32 Å². The summed E-state index contributed by atoms with van der Waals surface area (Å²) in [5, 5.41) is 10.7. The van der Waals surface area contributed by atoms with Gasteiger partial charge in [0.25, 0.3) is 0 Å². The second-order valence-corrected chi connectivity index (χ2v) is 12.4. The van der Waals surface area contributed by atoms with Gasteiger partial charge in [-0.2, -0.15) is 0 Å². The van der Waals surface area contributed by atoms with Gasteiger partial charge in [-0.1, -0.05) is 54.0 Å². The van der Waals surface area contributed by atoms with Gasteiger partial charge in [-0.15, -0.1) is 6.58 Å². The van der Waals surface area contributed by atoms with Crippen LogP contribution in [-0.2, 0) is 4.43 Å². The molecule has 0 bridgehead atoms. The van der Waals surface area contributed by atoms with Crippen LogP contribution >= 0.6 is 0 Å². The molecule has 0 fully saturated rings. The molecule has 0 heterocycles. The fourth-order valence-corrected chi connectivity index (χ4v) is 3.49. The number of rotatable bonds is 8. The Kier molecular flexibility index (Phi) is 7.72. The third-order valence-electron chi connectivity index (χ3n) is 5.00. The molecule has 0 aliphatic carbocycles. The molecule has 0 saturated heterocycles. The lowest BCUT2D eigenvalue weighted by Gasteiger charge is -2.42. The maximum atomic E-state index is 10.5. The Morgan fingerprint density at radius 1 is 1.25 bits per heavy atom. The van der Waals surface area contributed by atoms with E-state index in [1.807, 2.05) is 6.08 Å². The van der Waals surface area contributed by atoms with Crippen LogP contribution in [0.4, 0.5) is 0 Å². The summed E-state index contributed by atoms with van der Waals surface area (Å²) in [4.78, 5) is 0. The second kappa shape index (κ2) is 7.76. The van der Waals surface area contributed by atoms with Gasteiger partial charge in [-0.05, 0) is 30.5 Å². The van der Waals surface area contributed by atoms with Gasteiger partial charge in [0.15, 0.2) is 8.32 Å². The Balaban J connectivity index is 5.02. The molecular weight excluding hydrogens is 264 g/mol. The predicted octanol–water partition coefficient (Wildman–Crippen LogP) is 5.00. The number of aliphatic hydroxyl groups excluding tert-OH is 1. The Labute approximate surface area is 127 Å². The van der Waals surface area contributed by atoms with Crippen LogP contribution in [0.2, 0.25) is 18.1 Å². The van der Waals surface area contributed by atoms with Crippen molar-refractivity contribution in [2.24, 2.45) is 11.8 Å². The SMILES string of the molecule is C=CC[C@@H](O[Si](C)(C)C(C)(C)C)[C@H](C)[C@@H](O)[C@@H](C)CC. The summed E-state index contributed by atoms with van der Waals surface area (Å²) < 4.78 is 6.53. The molecule has 4 atom stereocenters. The van der Waals surface area contributed by atoms with E-state index in [2.05, 4.69) is 61.2 Å². The van der Waals surface area contributed by atoms with Gasteiger partial charge < -0.3 is 9.53 Å². The summed E-state index contributed by atoms with van der Waals surface area (Å²) in [5.74, 6) is 0.442. The molecule has 0 unspecified atom stereocenters. The highest BCUT2D eigenvalue weighted by atomic mass is 28.4. The van der Waals surface area contributed by atoms with Crippen molar-refractivity contribution < 1.29 is 9.53 Å². The van der Waals surface area contributed by atoms with Gasteiger partial charge in [0.2, 0.25) is 0 Å². The van der Waals surface area contributed by atoms with E-state index in [0.717, 1.165) is 12.8 Å². The summed E-state index contributed by atoms with van der Waals surface area (Å²) in [7, 11) is -1.82. The first-order chi connectivity index (χ1) is 8.97. The van der Waals surface area contributed by atoms with Gasteiger partial charge in [0.1, 0.15) is 0 Å². The zero-order valence-corrected chi connectivity index (χ0v) is 15.9. The van der Waals surface area contributed by atoms with Crippen molar-refractivity contribution in [1.82, 2.24) is 0 Å². The topological polar surface area (TPSA) is 29.5 Å². The van der Waals surface area contributed by atoms with Crippen molar-refractivity contribution in [2.45, 2.75) is 84.7 Å². The average Bonchev–Trinajstić information content (AvgIpc) is 2.33. The summed E-state index contributed by atoms with van der Waals surface area (Å²) in [6, 6.07) is 0. The minimum Gasteiger partial charge on any atom is -0.413 e. The first kappa shape index (κ1) is 19.9. The molecule has 0 amide bonds. The van der Waals surface area contributed by atoms with E-state index in [4.69, 9.17) is 4.43 Å². The molecule has 20 heavy (non-hydrogen) atoms. The quantitative estimate of drug-likeness (QED) is 0.505. The predicted molar refractivity (Wildman–Crippen MR) is 91.5 cm³/mol.